The highest BCUT2D eigenvalue weighted by molar-refractivity contribution is 7.45. The molecule has 0 radical (unpaired) electrons. The third-order valence-corrected chi connectivity index (χ3v) is 11.6. The minimum absolute atomic E-state index is 0.0668. The molecule has 0 aromatic carbocycles. The molecular formula is C43H82NO11P. The number of esters is 2. The van der Waals surface area contributed by atoms with Crippen LogP contribution in [-0.4, -0.2) is 104 Å². The standard InChI is InChI=1S/C43H82NO11P/c1-6-8-10-11-12-13-14-15-16-17-18-23-27-42(48)52-34-37(35-54-56(50,51)53-32-31-44(3,4)5)55-43(49)28-24-20-19-22-26-38-39(41(47)33-40(38)46)30-29-36(45)25-21-9-7-2/h29-30,36-41,45-47H,6-28,31-35H2,1-5H3/b30-29+/t36-,37+,38+,39+,40-,41+/m0/s1. The Morgan fingerprint density at radius 1 is 0.750 bits per heavy atom. The first-order valence-electron chi connectivity index (χ1n) is 22.2. The maximum Gasteiger partial charge on any atom is 0.306 e. The summed E-state index contributed by atoms with van der Waals surface area (Å²) in [4.78, 5) is 37.7. The maximum absolute atomic E-state index is 12.8. The van der Waals surface area contributed by atoms with Crippen molar-refractivity contribution < 1.29 is 57.4 Å². The van der Waals surface area contributed by atoms with E-state index in [0.29, 0.717) is 36.7 Å². The van der Waals surface area contributed by atoms with Gasteiger partial charge in [0.15, 0.2) is 6.10 Å². The lowest BCUT2D eigenvalue weighted by atomic mass is 9.88. The smallest absolute Gasteiger partial charge is 0.306 e. The van der Waals surface area contributed by atoms with Crippen LogP contribution in [0.1, 0.15) is 168 Å². The number of hydrogen-bond acceptors (Lipinski definition) is 11. The molecule has 1 fully saturated rings. The van der Waals surface area contributed by atoms with Gasteiger partial charge < -0.3 is 43.2 Å². The zero-order valence-electron chi connectivity index (χ0n) is 35.9. The fraction of sp³-hybridized carbons (Fsp3) is 0.907. The molecule has 0 aromatic rings. The quantitative estimate of drug-likeness (QED) is 0.0184. The van der Waals surface area contributed by atoms with Crippen LogP contribution in [0.25, 0.3) is 0 Å². The summed E-state index contributed by atoms with van der Waals surface area (Å²) in [6, 6.07) is 0. The Hall–Kier alpha value is -1.37. The van der Waals surface area contributed by atoms with Gasteiger partial charge >= 0.3 is 11.9 Å². The van der Waals surface area contributed by atoms with Gasteiger partial charge in [0.05, 0.1) is 46.1 Å². The highest BCUT2D eigenvalue weighted by atomic mass is 31.2. The van der Waals surface area contributed by atoms with Gasteiger partial charge in [-0.2, -0.15) is 0 Å². The minimum atomic E-state index is -4.68. The van der Waals surface area contributed by atoms with E-state index in [2.05, 4.69) is 13.8 Å². The Labute approximate surface area is 340 Å². The predicted octanol–water partition coefficient (Wildman–Crippen LogP) is 7.94. The molecule has 0 bridgehead atoms. The van der Waals surface area contributed by atoms with Crippen LogP contribution in [0, 0.1) is 11.8 Å². The first-order valence-corrected chi connectivity index (χ1v) is 23.6. The first-order chi connectivity index (χ1) is 26.7. The molecule has 0 amide bonds. The second-order valence-electron chi connectivity index (χ2n) is 17.0. The summed E-state index contributed by atoms with van der Waals surface area (Å²) in [5, 5.41) is 31.4. The monoisotopic (exact) mass is 820 g/mol. The third kappa shape index (κ3) is 28.1. The Bertz CT molecular complexity index is 1080. The fourth-order valence-electron chi connectivity index (χ4n) is 7.10. The van der Waals surface area contributed by atoms with Gasteiger partial charge in [-0.25, -0.2) is 0 Å². The molecule has 1 aliphatic carbocycles. The van der Waals surface area contributed by atoms with Gasteiger partial charge in [0.2, 0.25) is 0 Å². The highest BCUT2D eigenvalue weighted by Gasteiger charge is 2.39. The van der Waals surface area contributed by atoms with E-state index in [0.717, 1.165) is 64.2 Å². The molecule has 0 saturated heterocycles. The summed E-state index contributed by atoms with van der Waals surface area (Å²) in [5.74, 6) is -1.26. The number of aliphatic hydroxyl groups is 3. The summed E-state index contributed by atoms with van der Waals surface area (Å²) in [5.41, 5.74) is 0. The normalized spacial score (nSPS) is 20.9. The topological polar surface area (TPSA) is 172 Å². The molecule has 0 heterocycles. The molecule has 7 atom stereocenters. The zero-order valence-corrected chi connectivity index (χ0v) is 36.8. The number of phosphoric acid groups is 1. The third-order valence-electron chi connectivity index (χ3n) is 10.6. The number of carbonyl (C=O) groups is 2. The Kier molecular flexibility index (Phi) is 29.7. The second-order valence-corrected chi connectivity index (χ2v) is 18.4. The van der Waals surface area contributed by atoms with Crippen molar-refractivity contribution in [1.82, 2.24) is 0 Å². The average molecular weight is 820 g/mol. The predicted molar refractivity (Wildman–Crippen MR) is 220 cm³/mol. The number of hydrogen-bond donors (Lipinski definition) is 3. The van der Waals surface area contributed by atoms with Gasteiger partial charge in [-0.3, -0.25) is 14.2 Å². The molecule has 0 aromatic heterocycles. The second kappa shape index (κ2) is 31.5. The lowest BCUT2D eigenvalue weighted by molar-refractivity contribution is -0.870. The molecule has 330 valence electrons. The van der Waals surface area contributed by atoms with Crippen molar-refractivity contribution in [1.29, 1.82) is 0 Å². The zero-order chi connectivity index (χ0) is 41.7. The molecule has 1 rings (SSSR count). The Morgan fingerprint density at radius 3 is 1.88 bits per heavy atom. The van der Waals surface area contributed by atoms with Gasteiger partial charge in [-0.1, -0.05) is 135 Å². The van der Waals surface area contributed by atoms with Crippen LogP contribution in [-0.2, 0) is 32.7 Å². The number of unbranched alkanes of at least 4 members (excludes halogenated alkanes) is 16. The van der Waals surface area contributed by atoms with E-state index in [4.69, 9.17) is 18.5 Å². The van der Waals surface area contributed by atoms with Crippen molar-refractivity contribution in [3.8, 4) is 0 Å². The average Bonchev–Trinajstić information content (AvgIpc) is 3.40. The lowest BCUT2D eigenvalue weighted by Crippen LogP contribution is -2.37. The van der Waals surface area contributed by atoms with Crippen LogP contribution in [0.4, 0.5) is 0 Å². The van der Waals surface area contributed by atoms with Gasteiger partial charge in [-0.05, 0) is 31.6 Å². The van der Waals surface area contributed by atoms with Crippen LogP contribution < -0.4 is 4.89 Å². The summed E-state index contributed by atoms with van der Waals surface area (Å²) >= 11 is 0. The van der Waals surface area contributed by atoms with Crippen molar-refractivity contribution in [3.05, 3.63) is 12.2 Å². The fourth-order valence-corrected chi connectivity index (χ4v) is 7.83. The number of rotatable bonds is 36. The largest absolute Gasteiger partial charge is 0.756 e. The number of carbonyl (C=O) groups excluding carboxylic acids is 2. The molecule has 12 nitrogen and oxygen atoms in total. The van der Waals surface area contributed by atoms with E-state index in [1.165, 1.54) is 51.4 Å². The minimum Gasteiger partial charge on any atom is -0.756 e. The van der Waals surface area contributed by atoms with E-state index in [1.54, 1.807) is 6.08 Å². The van der Waals surface area contributed by atoms with Gasteiger partial charge in [0.1, 0.15) is 19.8 Å². The number of ether oxygens (including phenoxy) is 2. The maximum atomic E-state index is 12.8. The van der Waals surface area contributed by atoms with E-state index < -0.39 is 50.8 Å². The molecule has 0 spiro atoms. The van der Waals surface area contributed by atoms with Crippen molar-refractivity contribution >= 4 is 19.8 Å². The van der Waals surface area contributed by atoms with Gasteiger partial charge in [-0.15, -0.1) is 0 Å². The van der Waals surface area contributed by atoms with Crippen LogP contribution in [0.2, 0.25) is 0 Å². The van der Waals surface area contributed by atoms with E-state index >= 15 is 0 Å². The van der Waals surface area contributed by atoms with E-state index in [9.17, 15) is 34.4 Å². The number of aliphatic hydroxyl groups excluding tert-OH is 3. The molecular weight excluding hydrogens is 737 g/mol. The summed E-state index contributed by atoms with van der Waals surface area (Å²) in [6.07, 6.45) is 23.0. The van der Waals surface area contributed by atoms with Crippen molar-refractivity contribution in [2.45, 2.75) is 192 Å². The van der Waals surface area contributed by atoms with Gasteiger partial charge in [0, 0.05) is 25.2 Å². The first kappa shape index (κ1) is 52.6. The van der Waals surface area contributed by atoms with Crippen LogP contribution in [0.5, 0.6) is 0 Å². The summed E-state index contributed by atoms with van der Waals surface area (Å²) in [7, 11) is 1.04. The number of nitrogens with zero attached hydrogens (tertiary/aromatic N) is 1. The Balaban J connectivity index is 2.49. The number of likely N-dealkylation sites (N-methyl/N-ethyl adjacent to an activating group) is 1. The summed E-state index contributed by atoms with van der Waals surface area (Å²) in [6.45, 7) is 3.88. The molecule has 1 unspecified atom stereocenters. The lowest BCUT2D eigenvalue weighted by Gasteiger charge is -2.28. The number of phosphoric ester groups is 1. The van der Waals surface area contributed by atoms with Crippen molar-refractivity contribution in [2.24, 2.45) is 11.8 Å². The molecule has 13 heteroatoms. The highest BCUT2D eigenvalue weighted by Crippen LogP contribution is 2.39. The van der Waals surface area contributed by atoms with Gasteiger partial charge in [0.25, 0.3) is 7.82 Å². The molecule has 1 aliphatic rings. The summed E-state index contributed by atoms with van der Waals surface area (Å²) < 4.78 is 33.9. The van der Waals surface area contributed by atoms with Crippen LogP contribution >= 0.6 is 7.82 Å². The van der Waals surface area contributed by atoms with Crippen LogP contribution in [0.3, 0.4) is 0 Å². The molecule has 3 N–H and O–H groups in total. The van der Waals surface area contributed by atoms with Crippen LogP contribution in [0.15, 0.2) is 12.2 Å². The van der Waals surface area contributed by atoms with Crippen molar-refractivity contribution in [2.75, 3.05) is 47.5 Å². The van der Waals surface area contributed by atoms with E-state index in [1.807, 2.05) is 27.2 Å². The molecule has 0 aliphatic heterocycles. The number of quaternary nitrogens is 1. The van der Waals surface area contributed by atoms with E-state index in [-0.39, 0.29) is 37.9 Å². The Morgan fingerprint density at radius 2 is 1.29 bits per heavy atom. The SMILES string of the molecule is CCCCCCCCCCCCCCC(=O)OC[C@H](COP(=O)([O-])OCC[N+](C)(C)C)OC(=O)CCCCCC[C@@H]1[C@@H](/C=C/[C@@H](O)CCCCC)[C@H](O)C[C@@H]1O. The van der Waals surface area contributed by atoms with Crippen molar-refractivity contribution in [3.63, 3.8) is 0 Å². The molecule has 56 heavy (non-hydrogen) atoms. The molecule has 1 saturated carbocycles.